The van der Waals surface area contributed by atoms with Crippen LogP contribution in [0, 0.1) is 17.7 Å². The fourth-order valence-electron chi connectivity index (χ4n) is 2.05. The zero-order valence-electron chi connectivity index (χ0n) is 10.2. The van der Waals surface area contributed by atoms with Crippen LogP contribution >= 0.6 is 0 Å². The molecule has 1 N–H and O–H groups in total. The number of rotatable bonds is 4. The maximum atomic E-state index is 13.0. The maximum Gasteiger partial charge on any atom is 0.222 e. The van der Waals surface area contributed by atoms with Crippen molar-refractivity contribution < 1.29 is 9.18 Å². The van der Waals surface area contributed by atoms with Crippen LogP contribution in [-0.4, -0.2) is 12.5 Å². The van der Waals surface area contributed by atoms with Crippen molar-refractivity contribution in [3.63, 3.8) is 0 Å². The van der Waals surface area contributed by atoms with E-state index in [1.165, 1.54) is 6.07 Å². The van der Waals surface area contributed by atoms with Crippen molar-refractivity contribution in [3.8, 4) is 0 Å². The van der Waals surface area contributed by atoms with Gasteiger partial charge in [0, 0.05) is 12.5 Å². The highest BCUT2D eigenvalue weighted by molar-refractivity contribution is 5.77. The summed E-state index contributed by atoms with van der Waals surface area (Å²) < 4.78 is 13.0. The standard InChI is InChI=1S/C14H18FNO/c1-9(2)14(17)16-8-11-7-13(11)10-4-3-5-12(15)6-10/h3-6,9,11,13H,7-8H2,1-2H3,(H,16,17). The lowest BCUT2D eigenvalue weighted by molar-refractivity contribution is -0.124. The fourth-order valence-corrected chi connectivity index (χ4v) is 2.05. The van der Waals surface area contributed by atoms with E-state index in [1.54, 1.807) is 12.1 Å². The SMILES string of the molecule is CC(C)C(=O)NCC1CC1c1cccc(F)c1. The van der Waals surface area contributed by atoms with E-state index in [1.807, 2.05) is 19.9 Å². The predicted octanol–water partition coefficient (Wildman–Crippen LogP) is 2.70. The molecule has 2 atom stereocenters. The van der Waals surface area contributed by atoms with Crippen LogP contribution in [0.1, 0.15) is 31.7 Å². The molecule has 0 aliphatic heterocycles. The molecule has 2 rings (SSSR count). The first kappa shape index (κ1) is 12.1. The number of carbonyl (C=O) groups excluding carboxylic acids is 1. The van der Waals surface area contributed by atoms with Crippen molar-refractivity contribution >= 4 is 5.91 Å². The largest absolute Gasteiger partial charge is 0.356 e. The molecule has 1 aliphatic rings. The molecule has 0 radical (unpaired) electrons. The van der Waals surface area contributed by atoms with Gasteiger partial charge in [0.15, 0.2) is 0 Å². The van der Waals surface area contributed by atoms with Gasteiger partial charge in [0.05, 0.1) is 0 Å². The summed E-state index contributed by atoms with van der Waals surface area (Å²) in [5.74, 6) is 0.827. The molecule has 3 heteroatoms. The van der Waals surface area contributed by atoms with Crippen molar-refractivity contribution in [2.75, 3.05) is 6.54 Å². The number of hydrogen-bond donors (Lipinski definition) is 1. The summed E-state index contributed by atoms with van der Waals surface area (Å²) in [6, 6.07) is 6.75. The Morgan fingerprint density at radius 1 is 1.53 bits per heavy atom. The first-order chi connectivity index (χ1) is 8.08. The van der Waals surface area contributed by atoms with Gasteiger partial charge < -0.3 is 5.32 Å². The third kappa shape index (κ3) is 3.05. The summed E-state index contributed by atoms with van der Waals surface area (Å²) in [4.78, 5) is 11.4. The van der Waals surface area contributed by atoms with Crippen molar-refractivity contribution in [2.45, 2.75) is 26.2 Å². The minimum atomic E-state index is -0.181. The molecule has 0 bridgehead atoms. The highest BCUT2D eigenvalue weighted by Crippen LogP contribution is 2.46. The van der Waals surface area contributed by atoms with Gasteiger partial charge in [-0.05, 0) is 36.0 Å². The molecule has 0 spiro atoms. The number of amides is 1. The molecule has 1 aromatic carbocycles. The highest BCUT2D eigenvalue weighted by atomic mass is 19.1. The third-order valence-corrected chi connectivity index (χ3v) is 3.26. The maximum absolute atomic E-state index is 13.0. The van der Waals surface area contributed by atoms with Crippen LogP contribution in [0.15, 0.2) is 24.3 Å². The summed E-state index contributed by atoms with van der Waals surface area (Å²) >= 11 is 0. The minimum Gasteiger partial charge on any atom is -0.356 e. The zero-order valence-corrected chi connectivity index (χ0v) is 10.2. The van der Waals surface area contributed by atoms with E-state index in [-0.39, 0.29) is 17.6 Å². The first-order valence-electron chi connectivity index (χ1n) is 6.11. The van der Waals surface area contributed by atoms with Crippen LogP contribution < -0.4 is 5.32 Å². The van der Waals surface area contributed by atoms with E-state index >= 15 is 0 Å². The average molecular weight is 235 g/mol. The molecule has 2 nitrogen and oxygen atoms in total. The topological polar surface area (TPSA) is 29.1 Å². The second kappa shape index (κ2) is 4.86. The number of benzene rings is 1. The Kier molecular flexibility index (Phi) is 3.46. The second-order valence-electron chi connectivity index (χ2n) is 5.06. The number of carbonyl (C=O) groups is 1. The summed E-state index contributed by atoms with van der Waals surface area (Å²) in [5.41, 5.74) is 1.05. The van der Waals surface area contributed by atoms with Crippen molar-refractivity contribution in [3.05, 3.63) is 35.6 Å². The summed E-state index contributed by atoms with van der Waals surface area (Å²) in [6.07, 6.45) is 1.04. The minimum absolute atomic E-state index is 0.0290. The molecule has 0 heterocycles. The van der Waals surface area contributed by atoms with E-state index in [9.17, 15) is 9.18 Å². The summed E-state index contributed by atoms with van der Waals surface area (Å²) in [5, 5.41) is 2.93. The predicted molar refractivity (Wildman–Crippen MR) is 65.1 cm³/mol. The Hall–Kier alpha value is -1.38. The Labute approximate surface area is 101 Å². The van der Waals surface area contributed by atoms with Crippen LogP contribution in [0.2, 0.25) is 0 Å². The Morgan fingerprint density at radius 2 is 2.29 bits per heavy atom. The molecule has 1 aliphatic carbocycles. The molecular weight excluding hydrogens is 217 g/mol. The molecule has 92 valence electrons. The third-order valence-electron chi connectivity index (χ3n) is 3.26. The zero-order chi connectivity index (χ0) is 12.4. The van der Waals surface area contributed by atoms with Gasteiger partial charge in [-0.3, -0.25) is 4.79 Å². The second-order valence-corrected chi connectivity index (χ2v) is 5.06. The Bertz CT molecular complexity index is 416. The molecule has 17 heavy (non-hydrogen) atoms. The quantitative estimate of drug-likeness (QED) is 0.854. The van der Waals surface area contributed by atoms with Crippen LogP contribution in [0.25, 0.3) is 0 Å². The number of halogens is 1. The molecule has 0 saturated heterocycles. The monoisotopic (exact) mass is 235 g/mol. The Morgan fingerprint density at radius 3 is 2.94 bits per heavy atom. The van der Waals surface area contributed by atoms with Gasteiger partial charge in [0.25, 0.3) is 0 Å². The molecule has 1 fully saturated rings. The van der Waals surface area contributed by atoms with Crippen LogP contribution in [0.4, 0.5) is 4.39 Å². The molecule has 1 saturated carbocycles. The molecule has 1 aromatic rings. The molecular formula is C14H18FNO. The first-order valence-corrected chi connectivity index (χ1v) is 6.11. The lowest BCUT2D eigenvalue weighted by atomic mass is 10.1. The van der Waals surface area contributed by atoms with Gasteiger partial charge in [-0.25, -0.2) is 4.39 Å². The van der Waals surface area contributed by atoms with Crippen molar-refractivity contribution in [1.82, 2.24) is 5.32 Å². The van der Waals surface area contributed by atoms with E-state index in [2.05, 4.69) is 5.32 Å². The van der Waals surface area contributed by atoms with Gasteiger partial charge in [0.2, 0.25) is 5.91 Å². The fraction of sp³-hybridized carbons (Fsp3) is 0.500. The summed E-state index contributed by atoms with van der Waals surface area (Å²) in [7, 11) is 0. The van der Waals surface area contributed by atoms with Gasteiger partial charge in [0.1, 0.15) is 5.82 Å². The van der Waals surface area contributed by atoms with E-state index < -0.39 is 0 Å². The van der Waals surface area contributed by atoms with Crippen molar-refractivity contribution in [2.24, 2.45) is 11.8 Å². The lowest BCUT2D eigenvalue weighted by Crippen LogP contribution is -2.29. The van der Waals surface area contributed by atoms with Gasteiger partial charge in [-0.1, -0.05) is 26.0 Å². The molecule has 0 aromatic heterocycles. The molecule has 1 amide bonds. The van der Waals surface area contributed by atoms with Crippen LogP contribution in [-0.2, 0) is 4.79 Å². The van der Waals surface area contributed by atoms with Crippen molar-refractivity contribution in [1.29, 1.82) is 0 Å². The highest BCUT2D eigenvalue weighted by Gasteiger charge is 2.38. The van der Waals surface area contributed by atoms with Crippen LogP contribution in [0.5, 0.6) is 0 Å². The van der Waals surface area contributed by atoms with E-state index in [4.69, 9.17) is 0 Å². The smallest absolute Gasteiger partial charge is 0.222 e. The van der Waals surface area contributed by atoms with Gasteiger partial charge in [-0.15, -0.1) is 0 Å². The average Bonchev–Trinajstić information content (AvgIpc) is 3.05. The normalized spacial score (nSPS) is 22.6. The summed E-state index contributed by atoms with van der Waals surface area (Å²) in [6.45, 7) is 4.47. The number of nitrogens with one attached hydrogen (secondary N) is 1. The number of hydrogen-bond acceptors (Lipinski definition) is 1. The van der Waals surface area contributed by atoms with Gasteiger partial charge >= 0.3 is 0 Å². The van der Waals surface area contributed by atoms with E-state index in [0.29, 0.717) is 18.4 Å². The van der Waals surface area contributed by atoms with Gasteiger partial charge in [-0.2, -0.15) is 0 Å². The molecule has 2 unspecified atom stereocenters. The van der Waals surface area contributed by atoms with Crippen LogP contribution in [0.3, 0.4) is 0 Å². The van der Waals surface area contributed by atoms with E-state index in [0.717, 1.165) is 12.0 Å². The lowest BCUT2D eigenvalue weighted by Gasteiger charge is -2.07. The Balaban J connectivity index is 1.83.